The van der Waals surface area contributed by atoms with Gasteiger partial charge in [0, 0.05) is 11.8 Å². The molecule has 0 heterocycles. The zero-order valence-corrected chi connectivity index (χ0v) is 11.0. The van der Waals surface area contributed by atoms with Crippen molar-refractivity contribution in [3.05, 3.63) is 69.8 Å². The van der Waals surface area contributed by atoms with Crippen LogP contribution in [0.5, 0.6) is 0 Å². The summed E-state index contributed by atoms with van der Waals surface area (Å²) in [4.78, 5) is 10.7. The Balaban J connectivity index is 2.22. The van der Waals surface area contributed by atoms with Gasteiger partial charge in [-0.2, -0.15) is 0 Å². The summed E-state index contributed by atoms with van der Waals surface area (Å²) in [5.74, 6) is 0. The van der Waals surface area contributed by atoms with Gasteiger partial charge in [-0.3, -0.25) is 10.1 Å². The van der Waals surface area contributed by atoms with E-state index in [1.165, 1.54) is 11.6 Å². The smallest absolute Gasteiger partial charge is 0.274 e. The lowest BCUT2D eigenvalue weighted by molar-refractivity contribution is -0.385. The number of hydrogen-bond acceptors (Lipinski definition) is 3. The normalized spacial score (nSPS) is 11.9. The topological polar surface area (TPSA) is 55.2 Å². The van der Waals surface area contributed by atoms with E-state index in [2.05, 4.69) is 5.32 Å². The summed E-state index contributed by atoms with van der Waals surface area (Å²) in [6, 6.07) is 14.6. The number of nitro benzene ring substituents is 1. The minimum absolute atomic E-state index is 0.121. The molecule has 1 atom stereocenters. The van der Waals surface area contributed by atoms with Crippen molar-refractivity contribution in [1.29, 1.82) is 0 Å². The average molecular weight is 256 g/mol. The Morgan fingerprint density at radius 3 is 2.37 bits per heavy atom. The molecule has 0 fully saturated rings. The second-order valence-corrected chi connectivity index (χ2v) is 4.55. The van der Waals surface area contributed by atoms with Crippen molar-refractivity contribution in [3.63, 3.8) is 0 Å². The number of anilines is 1. The molecule has 0 radical (unpaired) electrons. The number of benzene rings is 2. The van der Waals surface area contributed by atoms with E-state index in [0.29, 0.717) is 5.56 Å². The van der Waals surface area contributed by atoms with Crippen LogP contribution in [0, 0.1) is 17.0 Å². The highest BCUT2D eigenvalue weighted by molar-refractivity contribution is 5.50. The Morgan fingerprint density at radius 1 is 1.11 bits per heavy atom. The van der Waals surface area contributed by atoms with E-state index in [9.17, 15) is 10.1 Å². The van der Waals surface area contributed by atoms with Crippen molar-refractivity contribution in [2.75, 3.05) is 5.32 Å². The molecule has 2 rings (SSSR count). The average Bonchev–Trinajstić information content (AvgIpc) is 2.41. The van der Waals surface area contributed by atoms with Gasteiger partial charge >= 0.3 is 0 Å². The standard InChI is InChI=1S/C15H16N2O2/c1-11-7-9-13(10-8-11)16-12(2)14-5-3-4-6-15(14)17(18)19/h3-10,12,16H,1-2H3. The number of nitrogens with zero attached hydrogens (tertiary/aromatic N) is 1. The third-order valence-electron chi connectivity index (χ3n) is 3.03. The highest BCUT2D eigenvalue weighted by Crippen LogP contribution is 2.27. The molecule has 19 heavy (non-hydrogen) atoms. The van der Waals surface area contributed by atoms with Crippen molar-refractivity contribution in [2.24, 2.45) is 0 Å². The summed E-state index contributed by atoms with van der Waals surface area (Å²) in [7, 11) is 0. The first-order valence-electron chi connectivity index (χ1n) is 6.14. The predicted molar refractivity (Wildman–Crippen MR) is 76.3 cm³/mol. The lowest BCUT2D eigenvalue weighted by atomic mass is 10.1. The van der Waals surface area contributed by atoms with Gasteiger partial charge in [0.05, 0.1) is 16.5 Å². The first-order chi connectivity index (χ1) is 9.08. The maximum absolute atomic E-state index is 11.0. The molecular formula is C15H16N2O2. The lowest BCUT2D eigenvalue weighted by Crippen LogP contribution is -2.08. The Labute approximate surface area is 112 Å². The van der Waals surface area contributed by atoms with Gasteiger partial charge in [-0.15, -0.1) is 0 Å². The zero-order chi connectivity index (χ0) is 13.8. The Bertz CT molecular complexity index is 579. The van der Waals surface area contributed by atoms with Crippen molar-refractivity contribution in [2.45, 2.75) is 19.9 Å². The van der Waals surface area contributed by atoms with Gasteiger partial charge in [-0.1, -0.05) is 35.9 Å². The molecule has 0 aliphatic heterocycles. The van der Waals surface area contributed by atoms with Gasteiger partial charge < -0.3 is 5.32 Å². The number of aryl methyl sites for hydroxylation is 1. The van der Waals surface area contributed by atoms with Crippen LogP contribution >= 0.6 is 0 Å². The highest BCUT2D eigenvalue weighted by Gasteiger charge is 2.17. The number of nitrogens with one attached hydrogen (secondary N) is 1. The molecule has 0 aliphatic rings. The highest BCUT2D eigenvalue weighted by atomic mass is 16.6. The van der Waals surface area contributed by atoms with Crippen LogP contribution in [0.15, 0.2) is 48.5 Å². The molecule has 0 saturated heterocycles. The first-order valence-corrected chi connectivity index (χ1v) is 6.14. The van der Waals surface area contributed by atoms with Crippen molar-refractivity contribution >= 4 is 11.4 Å². The number of nitro groups is 1. The monoisotopic (exact) mass is 256 g/mol. The van der Waals surface area contributed by atoms with Crippen LogP contribution in [0.2, 0.25) is 0 Å². The van der Waals surface area contributed by atoms with E-state index < -0.39 is 0 Å². The molecule has 0 aromatic heterocycles. The van der Waals surface area contributed by atoms with Crippen LogP contribution in [0.3, 0.4) is 0 Å². The summed E-state index contributed by atoms with van der Waals surface area (Å²) in [5, 5.41) is 14.3. The zero-order valence-electron chi connectivity index (χ0n) is 11.0. The van der Waals surface area contributed by atoms with Gasteiger partial charge in [-0.25, -0.2) is 0 Å². The SMILES string of the molecule is Cc1ccc(NC(C)c2ccccc2[N+](=O)[O-])cc1. The summed E-state index contributed by atoms with van der Waals surface area (Å²) in [6.07, 6.45) is 0. The third kappa shape index (κ3) is 3.10. The van der Waals surface area contributed by atoms with Crippen LogP contribution < -0.4 is 5.32 Å². The fraction of sp³-hybridized carbons (Fsp3) is 0.200. The minimum Gasteiger partial charge on any atom is -0.378 e. The summed E-state index contributed by atoms with van der Waals surface area (Å²) in [6.45, 7) is 3.94. The molecule has 4 heteroatoms. The van der Waals surface area contributed by atoms with Crippen LogP contribution in [0.25, 0.3) is 0 Å². The lowest BCUT2D eigenvalue weighted by Gasteiger charge is -2.15. The van der Waals surface area contributed by atoms with E-state index in [1.54, 1.807) is 12.1 Å². The molecule has 2 aromatic carbocycles. The van der Waals surface area contributed by atoms with Crippen molar-refractivity contribution in [1.82, 2.24) is 0 Å². The van der Waals surface area contributed by atoms with Gasteiger partial charge in [0.2, 0.25) is 0 Å². The van der Waals surface area contributed by atoms with Gasteiger partial charge in [-0.05, 0) is 26.0 Å². The predicted octanol–water partition coefficient (Wildman–Crippen LogP) is 4.08. The largest absolute Gasteiger partial charge is 0.378 e. The fourth-order valence-electron chi connectivity index (χ4n) is 2.00. The Morgan fingerprint density at radius 2 is 1.74 bits per heavy atom. The van der Waals surface area contributed by atoms with Crippen LogP contribution in [0.4, 0.5) is 11.4 Å². The molecule has 4 nitrogen and oxygen atoms in total. The van der Waals surface area contributed by atoms with E-state index >= 15 is 0 Å². The molecule has 0 bridgehead atoms. The molecule has 98 valence electrons. The van der Waals surface area contributed by atoms with E-state index in [0.717, 1.165) is 5.69 Å². The van der Waals surface area contributed by atoms with Gasteiger partial charge in [0.15, 0.2) is 0 Å². The number of para-hydroxylation sites is 1. The van der Waals surface area contributed by atoms with E-state index in [-0.39, 0.29) is 16.7 Å². The van der Waals surface area contributed by atoms with Gasteiger partial charge in [0.25, 0.3) is 5.69 Å². The molecule has 2 aromatic rings. The van der Waals surface area contributed by atoms with Crippen molar-refractivity contribution < 1.29 is 4.92 Å². The molecule has 1 unspecified atom stereocenters. The van der Waals surface area contributed by atoms with E-state index in [1.807, 2.05) is 44.2 Å². The minimum atomic E-state index is -0.345. The summed E-state index contributed by atoms with van der Waals surface area (Å²) < 4.78 is 0. The molecule has 0 spiro atoms. The number of rotatable bonds is 4. The maximum Gasteiger partial charge on any atom is 0.274 e. The fourth-order valence-corrected chi connectivity index (χ4v) is 2.00. The third-order valence-corrected chi connectivity index (χ3v) is 3.03. The summed E-state index contributed by atoms with van der Waals surface area (Å²) >= 11 is 0. The second-order valence-electron chi connectivity index (χ2n) is 4.55. The first kappa shape index (κ1) is 13.1. The molecular weight excluding hydrogens is 240 g/mol. The van der Waals surface area contributed by atoms with Crippen molar-refractivity contribution in [3.8, 4) is 0 Å². The van der Waals surface area contributed by atoms with Crippen LogP contribution in [0.1, 0.15) is 24.1 Å². The Kier molecular flexibility index (Phi) is 3.80. The molecule has 1 N–H and O–H groups in total. The van der Waals surface area contributed by atoms with E-state index in [4.69, 9.17) is 0 Å². The number of hydrogen-bond donors (Lipinski definition) is 1. The second kappa shape index (κ2) is 5.52. The maximum atomic E-state index is 11.0. The molecule has 0 aliphatic carbocycles. The molecule has 0 saturated carbocycles. The van der Waals surface area contributed by atoms with Crippen LogP contribution in [-0.4, -0.2) is 4.92 Å². The van der Waals surface area contributed by atoms with Crippen LogP contribution in [-0.2, 0) is 0 Å². The Hall–Kier alpha value is -2.36. The van der Waals surface area contributed by atoms with Gasteiger partial charge in [0.1, 0.15) is 0 Å². The molecule has 0 amide bonds. The summed E-state index contributed by atoms with van der Waals surface area (Å²) in [5.41, 5.74) is 2.97. The quantitative estimate of drug-likeness (QED) is 0.662.